The zero-order chi connectivity index (χ0) is 13.3. The lowest BCUT2D eigenvalue weighted by Gasteiger charge is -2.13. The molecule has 0 aliphatic heterocycles. The van der Waals surface area contributed by atoms with Gasteiger partial charge in [-0.2, -0.15) is 0 Å². The lowest BCUT2D eigenvalue weighted by atomic mass is 10.1. The van der Waals surface area contributed by atoms with Gasteiger partial charge in [-0.1, -0.05) is 12.1 Å². The van der Waals surface area contributed by atoms with Gasteiger partial charge >= 0.3 is 0 Å². The molecule has 0 aromatic heterocycles. The van der Waals surface area contributed by atoms with Crippen LogP contribution in [0.3, 0.4) is 0 Å². The molecule has 0 heterocycles. The molecule has 2 rings (SSSR count). The Labute approximate surface area is 114 Å². The Balaban J connectivity index is 2.40. The van der Waals surface area contributed by atoms with Crippen LogP contribution in [0.15, 0.2) is 34.8 Å². The molecular weight excluding hydrogens is 295 g/mol. The smallest absolute Gasteiger partial charge is 0.139 e. The van der Waals surface area contributed by atoms with Gasteiger partial charge in [0.15, 0.2) is 0 Å². The summed E-state index contributed by atoms with van der Waals surface area (Å²) in [5.74, 6) is -0.336. The number of halogens is 2. The third-order valence-corrected chi connectivity index (χ3v) is 3.57. The third kappa shape index (κ3) is 2.48. The minimum absolute atomic E-state index is 0.336. The molecule has 0 aliphatic rings. The molecule has 0 bridgehead atoms. The molecule has 0 radical (unpaired) electrons. The Bertz CT molecular complexity index is 597. The van der Waals surface area contributed by atoms with E-state index >= 15 is 0 Å². The molecule has 2 nitrogen and oxygen atoms in total. The van der Waals surface area contributed by atoms with Crippen molar-refractivity contribution < 1.29 is 4.39 Å². The van der Waals surface area contributed by atoms with Gasteiger partial charge in [-0.3, -0.25) is 0 Å². The predicted molar refractivity (Wildman–Crippen MR) is 77.7 cm³/mol. The molecule has 3 N–H and O–H groups in total. The monoisotopic (exact) mass is 308 g/mol. The zero-order valence-corrected chi connectivity index (χ0v) is 11.8. The SMILES string of the molecule is Cc1cccc(Nc2cc(F)c(Br)cc2N)c1C. The Morgan fingerprint density at radius 3 is 2.61 bits per heavy atom. The van der Waals surface area contributed by atoms with Gasteiger partial charge in [-0.15, -0.1) is 0 Å². The van der Waals surface area contributed by atoms with Crippen molar-refractivity contribution in [3.8, 4) is 0 Å². The highest BCUT2D eigenvalue weighted by Gasteiger charge is 2.08. The topological polar surface area (TPSA) is 38.0 Å². The number of benzene rings is 2. The van der Waals surface area contributed by atoms with Crippen molar-refractivity contribution in [2.75, 3.05) is 11.1 Å². The highest BCUT2D eigenvalue weighted by Crippen LogP contribution is 2.30. The van der Waals surface area contributed by atoms with Crippen LogP contribution in [0.5, 0.6) is 0 Å². The number of aryl methyl sites for hydroxylation is 1. The molecule has 0 aliphatic carbocycles. The van der Waals surface area contributed by atoms with E-state index in [-0.39, 0.29) is 5.82 Å². The van der Waals surface area contributed by atoms with Crippen LogP contribution in [0.1, 0.15) is 11.1 Å². The summed E-state index contributed by atoms with van der Waals surface area (Å²) in [6.07, 6.45) is 0. The van der Waals surface area contributed by atoms with Crippen LogP contribution in [0.2, 0.25) is 0 Å². The van der Waals surface area contributed by atoms with Crippen molar-refractivity contribution in [3.63, 3.8) is 0 Å². The molecule has 4 heteroatoms. The fourth-order valence-corrected chi connectivity index (χ4v) is 2.06. The number of hydrogen-bond acceptors (Lipinski definition) is 2. The van der Waals surface area contributed by atoms with Crippen LogP contribution >= 0.6 is 15.9 Å². The second-order valence-electron chi connectivity index (χ2n) is 4.23. The Morgan fingerprint density at radius 2 is 1.89 bits per heavy atom. The number of nitrogens with one attached hydrogen (secondary N) is 1. The van der Waals surface area contributed by atoms with Crippen molar-refractivity contribution in [1.82, 2.24) is 0 Å². The maximum absolute atomic E-state index is 13.5. The minimum atomic E-state index is -0.336. The first-order valence-electron chi connectivity index (χ1n) is 5.57. The Hall–Kier alpha value is -1.55. The van der Waals surface area contributed by atoms with E-state index in [9.17, 15) is 4.39 Å². The number of nitrogens with two attached hydrogens (primary N) is 1. The van der Waals surface area contributed by atoms with Crippen molar-refractivity contribution >= 4 is 33.0 Å². The van der Waals surface area contributed by atoms with Crippen LogP contribution in [-0.4, -0.2) is 0 Å². The molecule has 0 fully saturated rings. The summed E-state index contributed by atoms with van der Waals surface area (Å²) in [6.45, 7) is 4.05. The van der Waals surface area contributed by atoms with E-state index in [0.29, 0.717) is 15.8 Å². The first-order valence-corrected chi connectivity index (χ1v) is 6.36. The van der Waals surface area contributed by atoms with Gasteiger partial charge in [-0.25, -0.2) is 4.39 Å². The molecule has 0 amide bonds. The van der Waals surface area contributed by atoms with Crippen molar-refractivity contribution in [1.29, 1.82) is 0 Å². The molecule has 0 atom stereocenters. The lowest BCUT2D eigenvalue weighted by Crippen LogP contribution is -2.00. The van der Waals surface area contributed by atoms with E-state index in [4.69, 9.17) is 5.73 Å². The lowest BCUT2D eigenvalue weighted by molar-refractivity contribution is 0.622. The van der Waals surface area contributed by atoms with Crippen LogP contribution in [0, 0.1) is 19.7 Å². The van der Waals surface area contributed by atoms with E-state index in [2.05, 4.69) is 21.2 Å². The molecule has 2 aromatic rings. The van der Waals surface area contributed by atoms with Crippen molar-refractivity contribution in [3.05, 3.63) is 51.7 Å². The summed E-state index contributed by atoms with van der Waals surface area (Å²) in [6, 6.07) is 8.88. The standard InChI is InChI=1S/C14H14BrFN2/c1-8-4-3-5-13(9(8)2)18-14-7-11(16)10(15)6-12(14)17/h3-7,18H,17H2,1-2H3. The average Bonchev–Trinajstić information content (AvgIpc) is 2.32. The van der Waals surface area contributed by atoms with Crippen LogP contribution in [-0.2, 0) is 0 Å². The first kappa shape index (κ1) is 12.9. The van der Waals surface area contributed by atoms with Gasteiger partial charge in [0.25, 0.3) is 0 Å². The summed E-state index contributed by atoms with van der Waals surface area (Å²) in [7, 11) is 0. The fourth-order valence-electron chi connectivity index (χ4n) is 1.70. The summed E-state index contributed by atoms with van der Waals surface area (Å²) in [4.78, 5) is 0. The molecule has 0 unspecified atom stereocenters. The second-order valence-corrected chi connectivity index (χ2v) is 5.08. The number of rotatable bonds is 2. The molecular formula is C14H14BrFN2. The van der Waals surface area contributed by atoms with Gasteiger partial charge in [0, 0.05) is 11.8 Å². The van der Waals surface area contributed by atoms with Gasteiger partial charge in [0.1, 0.15) is 5.82 Å². The number of hydrogen-bond donors (Lipinski definition) is 2. The van der Waals surface area contributed by atoms with Gasteiger partial charge < -0.3 is 11.1 Å². The van der Waals surface area contributed by atoms with Gasteiger partial charge in [0.05, 0.1) is 15.8 Å². The second kappa shape index (κ2) is 4.98. The largest absolute Gasteiger partial charge is 0.397 e. The molecule has 94 valence electrons. The molecule has 18 heavy (non-hydrogen) atoms. The molecule has 0 saturated heterocycles. The predicted octanol–water partition coefficient (Wildman–Crippen LogP) is 4.53. The van der Waals surface area contributed by atoms with Crippen molar-refractivity contribution in [2.45, 2.75) is 13.8 Å². The average molecular weight is 309 g/mol. The summed E-state index contributed by atoms with van der Waals surface area (Å²) in [5, 5.41) is 3.16. The summed E-state index contributed by atoms with van der Waals surface area (Å²) in [5.41, 5.74) is 10.2. The minimum Gasteiger partial charge on any atom is -0.397 e. The third-order valence-electron chi connectivity index (χ3n) is 2.97. The summed E-state index contributed by atoms with van der Waals surface area (Å²) < 4.78 is 13.9. The molecule has 2 aromatic carbocycles. The van der Waals surface area contributed by atoms with E-state index in [1.165, 1.54) is 11.6 Å². The van der Waals surface area contributed by atoms with Crippen LogP contribution in [0.4, 0.5) is 21.5 Å². The van der Waals surface area contributed by atoms with Crippen LogP contribution in [0.25, 0.3) is 0 Å². The van der Waals surface area contributed by atoms with Gasteiger partial charge in [0.2, 0.25) is 0 Å². The summed E-state index contributed by atoms with van der Waals surface area (Å²) >= 11 is 3.11. The number of anilines is 3. The maximum atomic E-state index is 13.5. The zero-order valence-electron chi connectivity index (χ0n) is 10.2. The van der Waals surface area contributed by atoms with Crippen LogP contribution < -0.4 is 11.1 Å². The van der Waals surface area contributed by atoms with Gasteiger partial charge in [-0.05, 0) is 53.0 Å². The molecule has 0 spiro atoms. The Morgan fingerprint density at radius 1 is 1.17 bits per heavy atom. The highest BCUT2D eigenvalue weighted by molar-refractivity contribution is 9.10. The maximum Gasteiger partial charge on any atom is 0.139 e. The highest BCUT2D eigenvalue weighted by atomic mass is 79.9. The number of nitrogen functional groups attached to an aromatic ring is 1. The van der Waals surface area contributed by atoms with E-state index < -0.39 is 0 Å². The van der Waals surface area contributed by atoms with Crippen molar-refractivity contribution in [2.24, 2.45) is 0 Å². The normalized spacial score (nSPS) is 10.4. The van der Waals surface area contributed by atoms with E-state index in [1.807, 2.05) is 32.0 Å². The Kier molecular flexibility index (Phi) is 3.57. The quantitative estimate of drug-likeness (QED) is 0.800. The van der Waals surface area contributed by atoms with E-state index in [1.54, 1.807) is 6.07 Å². The van der Waals surface area contributed by atoms with E-state index in [0.717, 1.165) is 11.3 Å². The fraction of sp³-hybridized carbons (Fsp3) is 0.143. The molecule has 0 saturated carbocycles. The first-order chi connectivity index (χ1) is 8.49.